The highest BCUT2D eigenvalue weighted by atomic mass is 16.4. The van der Waals surface area contributed by atoms with E-state index >= 15 is 0 Å². The summed E-state index contributed by atoms with van der Waals surface area (Å²) >= 11 is 0. The Morgan fingerprint density at radius 1 is 1.64 bits per heavy atom. The molecule has 0 unspecified atom stereocenters. The van der Waals surface area contributed by atoms with Gasteiger partial charge in [-0.3, -0.25) is 4.79 Å². The molecule has 0 radical (unpaired) electrons. The van der Waals surface area contributed by atoms with Crippen LogP contribution in [0.4, 0.5) is 0 Å². The Balaban J connectivity index is 2.86. The monoisotopic (exact) mass is 152 g/mol. The van der Waals surface area contributed by atoms with E-state index in [0.717, 1.165) is 5.69 Å². The van der Waals surface area contributed by atoms with E-state index in [1.54, 1.807) is 10.6 Å². The molecule has 0 aromatic carbocycles. The van der Waals surface area contributed by atoms with Gasteiger partial charge in [-0.05, 0) is 0 Å². The molecule has 0 aliphatic rings. The normalized spacial score (nSPS) is 9.55. The highest BCUT2D eigenvalue weighted by Crippen LogP contribution is 1.91. The van der Waals surface area contributed by atoms with Gasteiger partial charge in [0.25, 0.3) is 0 Å². The minimum Gasteiger partial charge on any atom is -0.481 e. The molecule has 0 bridgehead atoms. The van der Waals surface area contributed by atoms with E-state index < -0.39 is 5.97 Å². The number of carboxylic acids is 1. The molecule has 0 fully saturated rings. The molecule has 1 aromatic heterocycles. The number of carbonyl (C=O) groups is 1. The van der Waals surface area contributed by atoms with Gasteiger partial charge < -0.3 is 5.11 Å². The molecule has 0 aliphatic carbocycles. The standard InChI is InChI=1S/C8H9NO2/c1-9-5-3-2-4-7(9)6-8(10)11/h2-5H,6H2,1H3/p+1. The lowest BCUT2D eigenvalue weighted by atomic mass is 10.3. The molecule has 1 N–H and O–H groups in total. The van der Waals surface area contributed by atoms with Crippen LogP contribution in [-0.4, -0.2) is 11.1 Å². The van der Waals surface area contributed by atoms with Crippen LogP contribution in [0.5, 0.6) is 0 Å². The van der Waals surface area contributed by atoms with E-state index in [4.69, 9.17) is 5.11 Å². The van der Waals surface area contributed by atoms with Gasteiger partial charge in [-0.1, -0.05) is 6.07 Å². The fraction of sp³-hybridized carbons (Fsp3) is 0.250. The molecule has 0 amide bonds. The van der Waals surface area contributed by atoms with E-state index in [0.29, 0.717) is 0 Å². The minimum atomic E-state index is -0.799. The number of aryl methyl sites for hydroxylation is 1. The maximum atomic E-state index is 10.3. The van der Waals surface area contributed by atoms with Gasteiger partial charge in [0.1, 0.15) is 13.5 Å². The average molecular weight is 152 g/mol. The second kappa shape index (κ2) is 3.14. The molecule has 0 spiro atoms. The lowest BCUT2D eigenvalue weighted by molar-refractivity contribution is -0.678. The first kappa shape index (κ1) is 7.72. The van der Waals surface area contributed by atoms with Crippen LogP contribution in [0.1, 0.15) is 5.69 Å². The fourth-order valence-electron chi connectivity index (χ4n) is 0.897. The summed E-state index contributed by atoms with van der Waals surface area (Å²) in [5, 5.41) is 8.48. The summed E-state index contributed by atoms with van der Waals surface area (Å²) in [5.41, 5.74) is 0.806. The molecule has 1 heterocycles. The zero-order chi connectivity index (χ0) is 8.27. The van der Waals surface area contributed by atoms with Crippen molar-refractivity contribution in [3.05, 3.63) is 30.1 Å². The second-order valence-electron chi connectivity index (χ2n) is 2.37. The summed E-state index contributed by atoms with van der Waals surface area (Å²) < 4.78 is 1.80. The Labute approximate surface area is 64.9 Å². The third-order valence-electron chi connectivity index (χ3n) is 1.49. The summed E-state index contributed by atoms with van der Waals surface area (Å²) in [5.74, 6) is -0.799. The van der Waals surface area contributed by atoms with Gasteiger partial charge in [-0.25, -0.2) is 4.57 Å². The molecule has 0 saturated heterocycles. The van der Waals surface area contributed by atoms with Crippen LogP contribution in [0.15, 0.2) is 24.4 Å². The molecule has 0 saturated carbocycles. The van der Waals surface area contributed by atoms with Crippen LogP contribution in [0.25, 0.3) is 0 Å². The van der Waals surface area contributed by atoms with Crippen molar-refractivity contribution in [3.63, 3.8) is 0 Å². The van der Waals surface area contributed by atoms with Gasteiger partial charge in [0.2, 0.25) is 0 Å². The first-order valence-corrected chi connectivity index (χ1v) is 3.35. The summed E-state index contributed by atoms with van der Waals surface area (Å²) in [4.78, 5) is 10.3. The van der Waals surface area contributed by atoms with Crippen molar-refractivity contribution < 1.29 is 14.5 Å². The fourth-order valence-corrected chi connectivity index (χ4v) is 0.897. The Bertz CT molecular complexity index is 271. The van der Waals surface area contributed by atoms with Crippen LogP contribution in [0.3, 0.4) is 0 Å². The molecule has 3 nitrogen and oxygen atoms in total. The van der Waals surface area contributed by atoms with Crippen molar-refractivity contribution in [2.75, 3.05) is 0 Å². The first-order valence-electron chi connectivity index (χ1n) is 3.35. The third kappa shape index (κ3) is 2.04. The van der Waals surface area contributed by atoms with Crippen LogP contribution in [0, 0.1) is 0 Å². The van der Waals surface area contributed by atoms with E-state index in [1.807, 2.05) is 25.4 Å². The van der Waals surface area contributed by atoms with Crippen molar-refractivity contribution in [3.8, 4) is 0 Å². The van der Waals surface area contributed by atoms with Crippen LogP contribution >= 0.6 is 0 Å². The van der Waals surface area contributed by atoms with E-state index in [-0.39, 0.29) is 6.42 Å². The second-order valence-corrected chi connectivity index (χ2v) is 2.37. The summed E-state index contributed by atoms with van der Waals surface area (Å²) in [6.07, 6.45) is 1.91. The van der Waals surface area contributed by atoms with Crippen LogP contribution < -0.4 is 4.57 Å². The minimum absolute atomic E-state index is 0.0807. The molecule has 1 rings (SSSR count). The Morgan fingerprint density at radius 3 is 2.91 bits per heavy atom. The van der Waals surface area contributed by atoms with Gasteiger partial charge in [0, 0.05) is 12.1 Å². The predicted molar refractivity (Wildman–Crippen MR) is 39.0 cm³/mol. The third-order valence-corrected chi connectivity index (χ3v) is 1.49. The molecule has 11 heavy (non-hydrogen) atoms. The Kier molecular flexibility index (Phi) is 2.21. The molecular formula is C8H10NO2+. The number of aromatic nitrogens is 1. The Morgan fingerprint density at radius 2 is 2.36 bits per heavy atom. The highest BCUT2D eigenvalue weighted by molar-refractivity contribution is 5.69. The number of rotatable bonds is 2. The van der Waals surface area contributed by atoms with E-state index in [9.17, 15) is 4.79 Å². The van der Waals surface area contributed by atoms with Crippen molar-refractivity contribution in [2.45, 2.75) is 6.42 Å². The highest BCUT2D eigenvalue weighted by Gasteiger charge is 2.08. The molecule has 1 aromatic rings. The largest absolute Gasteiger partial charge is 0.481 e. The number of pyridine rings is 1. The van der Waals surface area contributed by atoms with Gasteiger partial charge >= 0.3 is 5.97 Å². The maximum Gasteiger partial charge on any atom is 0.314 e. The van der Waals surface area contributed by atoms with Crippen LogP contribution in [0.2, 0.25) is 0 Å². The number of carboxylic acid groups (broad SMARTS) is 1. The van der Waals surface area contributed by atoms with E-state index in [1.165, 1.54) is 0 Å². The molecule has 0 aliphatic heterocycles. The van der Waals surface area contributed by atoms with Gasteiger partial charge in [-0.2, -0.15) is 0 Å². The first-order chi connectivity index (χ1) is 5.20. The summed E-state index contributed by atoms with van der Waals surface area (Å²) in [7, 11) is 1.83. The average Bonchev–Trinajstić information content (AvgIpc) is 1.93. The van der Waals surface area contributed by atoms with Crippen LogP contribution in [-0.2, 0) is 18.3 Å². The molecular weight excluding hydrogens is 142 g/mol. The maximum absolute atomic E-state index is 10.3. The lowest BCUT2D eigenvalue weighted by Crippen LogP contribution is -2.33. The van der Waals surface area contributed by atoms with Crippen molar-refractivity contribution >= 4 is 5.97 Å². The van der Waals surface area contributed by atoms with Gasteiger partial charge in [-0.15, -0.1) is 0 Å². The van der Waals surface area contributed by atoms with Gasteiger partial charge in [0.15, 0.2) is 11.9 Å². The van der Waals surface area contributed by atoms with Crippen molar-refractivity contribution in [1.82, 2.24) is 0 Å². The summed E-state index contributed by atoms with van der Waals surface area (Å²) in [6.45, 7) is 0. The molecule has 58 valence electrons. The number of hydrogen-bond donors (Lipinski definition) is 1. The quantitative estimate of drug-likeness (QED) is 0.612. The van der Waals surface area contributed by atoms with Crippen molar-refractivity contribution in [1.29, 1.82) is 0 Å². The number of aliphatic carboxylic acids is 1. The predicted octanol–water partition coefficient (Wildman–Crippen LogP) is 0.138. The van der Waals surface area contributed by atoms with Gasteiger partial charge in [0.05, 0.1) is 0 Å². The zero-order valence-corrected chi connectivity index (χ0v) is 6.32. The number of hydrogen-bond acceptors (Lipinski definition) is 1. The zero-order valence-electron chi connectivity index (χ0n) is 6.32. The Hall–Kier alpha value is -1.38. The molecule has 3 heteroatoms. The molecule has 0 atom stereocenters. The van der Waals surface area contributed by atoms with E-state index in [2.05, 4.69) is 0 Å². The van der Waals surface area contributed by atoms with Crippen molar-refractivity contribution in [2.24, 2.45) is 7.05 Å². The SMILES string of the molecule is C[n+]1ccccc1CC(=O)O. The smallest absolute Gasteiger partial charge is 0.314 e. The summed E-state index contributed by atoms with van der Waals surface area (Å²) in [6, 6.07) is 5.50. The lowest BCUT2D eigenvalue weighted by Gasteiger charge is -1.93. The number of nitrogens with zero attached hydrogens (tertiary/aromatic N) is 1. The topological polar surface area (TPSA) is 41.2 Å².